The quantitative estimate of drug-likeness (QED) is 0.589. The zero-order chi connectivity index (χ0) is 15.5. The maximum Gasteiger partial charge on any atom is 0.129 e. The van der Waals surface area contributed by atoms with Crippen LogP contribution in [0, 0.1) is 5.82 Å². The number of rotatable bonds is 11. The molecule has 1 N–H and O–H groups in total. The molecule has 0 saturated heterocycles. The van der Waals surface area contributed by atoms with Gasteiger partial charge in [0, 0.05) is 24.8 Å². The minimum absolute atomic E-state index is 0.181. The Hall–Kier alpha value is -0.930. The average Bonchev–Trinajstić information content (AvgIpc) is 2.46. The van der Waals surface area contributed by atoms with Gasteiger partial charge in [-0.2, -0.15) is 0 Å². The Kier molecular flexibility index (Phi) is 9.27. The van der Waals surface area contributed by atoms with Crippen LogP contribution in [-0.4, -0.2) is 19.2 Å². The minimum atomic E-state index is -0.209. The van der Waals surface area contributed by atoms with Gasteiger partial charge < -0.3 is 10.1 Å². The molecule has 0 amide bonds. The molecule has 21 heavy (non-hydrogen) atoms. The number of benzene rings is 1. The van der Waals surface area contributed by atoms with Crippen molar-refractivity contribution in [3.05, 3.63) is 35.6 Å². The third kappa shape index (κ3) is 7.58. The molecule has 0 aliphatic heterocycles. The molecule has 0 aliphatic rings. The Morgan fingerprint density at radius 2 is 1.81 bits per heavy atom. The fourth-order valence-corrected chi connectivity index (χ4v) is 2.27. The lowest BCUT2D eigenvalue weighted by molar-refractivity contribution is 0.0462. The SMILES string of the molecule is CCCCCCCOC(CNC(C)C)c1ccccc1F. The van der Waals surface area contributed by atoms with Gasteiger partial charge in [-0.25, -0.2) is 4.39 Å². The number of hydrogen-bond acceptors (Lipinski definition) is 2. The summed E-state index contributed by atoms with van der Waals surface area (Å²) in [5.41, 5.74) is 0.652. The van der Waals surface area contributed by atoms with Crippen molar-refractivity contribution in [3.63, 3.8) is 0 Å². The summed E-state index contributed by atoms with van der Waals surface area (Å²) < 4.78 is 19.9. The highest BCUT2D eigenvalue weighted by molar-refractivity contribution is 5.20. The van der Waals surface area contributed by atoms with Gasteiger partial charge in [-0.15, -0.1) is 0 Å². The number of ether oxygens (including phenoxy) is 1. The van der Waals surface area contributed by atoms with E-state index < -0.39 is 0 Å². The van der Waals surface area contributed by atoms with Gasteiger partial charge in [0.1, 0.15) is 5.82 Å². The first kappa shape index (κ1) is 18.1. The molecule has 0 radical (unpaired) electrons. The van der Waals surface area contributed by atoms with Gasteiger partial charge in [0.25, 0.3) is 0 Å². The van der Waals surface area contributed by atoms with Crippen molar-refractivity contribution < 1.29 is 9.13 Å². The zero-order valence-corrected chi connectivity index (χ0v) is 13.7. The van der Waals surface area contributed by atoms with Crippen LogP contribution in [0.5, 0.6) is 0 Å². The Balaban J connectivity index is 2.47. The van der Waals surface area contributed by atoms with Crippen LogP contribution in [0.4, 0.5) is 4.39 Å². The minimum Gasteiger partial charge on any atom is -0.372 e. The van der Waals surface area contributed by atoms with Gasteiger partial charge in [-0.3, -0.25) is 0 Å². The van der Waals surface area contributed by atoms with Crippen molar-refractivity contribution >= 4 is 0 Å². The van der Waals surface area contributed by atoms with Gasteiger partial charge >= 0.3 is 0 Å². The summed E-state index contributed by atoms with van der Waals surface area (Å²) in [7, 11) is 0. The van der Waals surface area contributed by atoms with E-state index in [1.165, 1.54) is 31.7 Å². The van der Waals surface area contributed by atoms with Crippen LogP contribution in [-0.2, 0) is 4.74 Å². The molecule has 0 saturated carbocycles. The molecule has 0 bridgehead atoms. The predicted molar refractivity (Wildman–Crippen MR) is 87.0 cm³/mol. The third-order valence-electron chi connectivity index (χ3n) is 3.53. The van der Waals surface area contributed by atoms with E-state index in [-0.39, 0.29) is 11.9 Å². The molecule has 0 fully saturated rings. The lowest BCUT2D eigenvalue weighted by Crippen LogP contribution is -2.29. The highest BCUT2D eigenvalue weighted by Crippen LogP contribution is 2.20. The molecule has 3 heteroatoms. The zero-order valence-electron chi connectivity index (χ0n) is 13.7. The maximum absolute atomic E-state index is 13.9. The van der Waals surface area contributed by atoms with Crippen molar-refractivity contribution in [2.24, 2.45) is 0 Å². The largest absolute Gasteiger partial charge is 0.372 e. The van der Waals surface area contributed by atoms with E-state index in [0.717, 1.165) is 6.42 Å². The lowest BCUT2D eigenvalue weighted by Gasteiger charge is -2.21. The summed E-state index contributed by atoms with van der Waals surface area (Å²) in [4.78, 5) is 0. The van der Waals surface area contributed by atoms with Gasteiger partial charge in [0.05, 0.1) is 6.10 Å². The van der Waals surface area contributed by atoms with Crippen LogP contribution in [0.1, 0.15) is 64.5 Å². The van der Waals surface area contributed by atoms with Gasteiger partial charge in [-0.1, -0.05) is 64.7 Å². The third-order valence-corrected chi connectivity index (χ3v) is 3.53. The Morgan fingerprint density at radius 3 is 2.48 bits per heavy atom. The van der Waals surface area contributed by atoms with Crippen LogP contribution < -0.4 is 5.32 Å². The fourth-order valence-electron chi connectivity index (χ4n) is 2.27. The van der Waals surface area contributed by atoms with E-state index in [9.17, 15) is 4.39 Å². The Morgan fingerprint density at radius 1 is 1.10 bits per heavy atom. The predicted octanol–water partition coefficient (Wildman–Crippen LogP) is 4.85. The Labute approximate surface area is 129 Å². The van der Waals surface area contributed by atoms with Crippen LogP contribution in [0.25, 0.3) is 0 Å². The van der Waals surface area contributed by atoms with E-state index in [2.05, 4.69) is 26.1 Å². The lowest BCUT2D eigenvalue weighted by atomic mass is 10.1. The molecular weight excluding hydrogens is 265 g/mol. The molecule has 1 atom stereocenters. The first-order chi connectivity index (χ1) is 10.1. The second-order valence-corrected chi connectivity index (χ2v) is 5.86. The molecule has 0 aliphatic carbocycles. The van der Waals surface area contributed by atoms with Crippen LogP contribution >= 0.6 is 0 Å². The molecule has 0 spiro atoms. The summed E-state index contributed by atoms with van der Waals surface area (Å²) >= 11 is 0. The Bertz CT molecular complexity index is 381. The molecule has 0 aromatic heterocycles. The van der Waals surface area contributed by atoms with E-state index in [1.54, 1.807) is 6.07 Å². The van der Waals surface area contributed by atoms with Crippen LogP contribution in [0.3, 0.4) is 0 Å². The van der Waals surface area contributed by atoms with Gasteiger partial charge in [0.2, 0.25) is 0 Å². The molecule has 1 aromatic carbocycles. The summed E-state index contributed by atoms with van der Waals surface area (Å²) in [5.74, 6) is -0.181. The number of halogens is 1. The second-order valence-electron chi connectivity index (χ2n) is 5.86. The van der Waals surface area contributed by atoms with Crippen molar-refractivity contribution in [2.45, 2.75) is 65.0 Å². The molecule has 1 aromatic rings. The van der Waals surface area contributed by atoms with Crippen molar-refractivity contribution in [2.75, 3.05) is 13.2 Å². The monoisotopic (exact) mass is 295 g/mol. The second kappa shape index (κ2) is 10.7. The number of hydrogen-bond donors (Lipinski definition) is 1. The maximum atomic E-state index is 13.9. The first-order valence-electron chi connectivity index (χ1n) is 8.24. The fraction of sp³-hybridized carbons (Fsp3) is 0.667. The summed E-state index contributed by atoms with van der Waals surface area (Å²) in [6.07, 6.45) is 5.82. The first-order valence-corrected chi connectivity index (χ1v) is 8.24. The molecule has 0 heterocycles. The van der Waals surface area contributed by atoms with E-state index in [0.29, 0.717) is 24.8 Å². The van der Waals surface area contributed by atoms with Crippen LogP contribution in [0.2, 0.25) is 0 Å². The smallest absolute Gasteiger partial charge is 0.129 e. The topological polar surface area (TPSA) is 21.3 Å². The average molecular weight is 295 g/mol. The van der Waals surface area contributed by atoms with Crippen molar-refractivity contribution in [3.8, 4) is 0 Å². The van der Waals surface area contributed by atoms with Crippen molar-refractivity contribution in [1.82, 2.24) is 5.32 Å². The summed E-state index contributed by atoms with van der Waals surface area (Å²) in [5, 5.41) is 3.34. The molecule has 2 nitrogen and oxygen atoms in total. The highest BCUT2D eigenvalue weighted by Gasteiger charge is 2.16. The normalized spacial score (nSPS) is 12.8. The molecular formula is C18H30FNO. The van der Waals surface area contributed by atoms with E-state index >= 15 is 0 Å². The molecule has 1 unspecified atom stereocenters. The van der Waals surface area contributed by atoms with Gasteiger partial charge in [0.15, 0.2) is 0 Å². The van der Waals surface area contributed by atoms with Gasteiger partial charge in [-0.05, 0) is 12.5 Å². The number of nitrogens with one attached hydrogen (secondary N) is 1. The van der Waals surface area contributed by atoms with Crippen LogP contribution in [0.15, 0.2) is 24.3 Å². The standard InChI is InChI=1S/C18H30FNO/c1-4-5-6-7-10-13-21-18(14-20-15(2)3)16-11-8-9-12-17(16)19/h8-9,11-12,15,18,20H,4-7,10,13-14H2,1-3H3. The molecule has 120 valence electrons. The number of unbranched alkanes of at least 4 members (excludes halogenated alkanes) is 4. The summed E-state index contributed by atoms with van der Waals surface area (Å²) in [6, 6.07) is 7.27. The molecule has 1 rings (SSSR count). The van der Waals surface area contributed by atoms with Crippen molar-refractivity contribution in [1.29, 1.82) is 0 Å². The van der Waals surface area contributed by atoms with E-state index in [4.69, 9.17) is 4.74 Å². The highest BCUT2D eigenvalue weighted by atomic mass is 19.1. The summed E-state index contributed by atoms with van der Waals surface area (Å²) in [6.45, 7) is 7.73. The van der Waals surface area contributed by atoms with E-state index in [1.807, 2.05) is 12.1 Å².